The van der Waals surface area contributed by atoms with E-state index in [1.807, 2.05) is 0 Å². The predicted octanol–water partition coefficient (Wildman–Crippen LogP) is 0.554. The molecule has 0 aromatic heterocycles. The summed E-state index contributed by atoms with van der Waals surface area (Å²) < 4.78 is 21.3. The number of methoxy groups -OCH3 is 2. The summed E-state index contributed by atoms with van der Waals surface area (Å²) in [6.07, 6.45) is 2.92. The first kappa shape index (κ1) is 15.0. The monoisotopic (exact) mass is 295 g/mol. The normalized spacial score (nSPS) is 12.5. The van der Waals surface area contributed by atoms with E-state index in [0.717, 1.165) is 0 Å². The minimum Gasteiger partial charge on any atom is -0.492 e. The smallest absolute Gasteiger partial charge is 0.244 e. The van der Waals surface area contributed by atoms with Crippen LogP contribution in [0.5, 0.6) is 23.0 Å². The van der Waals surface area contributed by atoms with Crippen molar-refractivity contribution in [1.82, 2.24) is 5.32 Å². The molecule has 0 aliphatic carbocycles. The highest BCUT2D eigenvalue weighted by Crippen LogP contribution is 2.49. The fraction of sp³-hybridized carbons (Fsp3) is 0.357. The van der Waals surface area contributed by atoms with Gasteiger partial charge in [-0.25, -0.2) is 0 Å². The van der Waals surface area contributed by atoms with Crippen LogP contribution >= 0.6 is 0 Å². The molecule has 1 aromatic rings. The molecule has 0 atom stereocenters. The Morgan fingerprint density at radius 3 is 2.81 bits per heavy atom. The first-order valence-electron chi connectivity index (χ1n) is 6.32. The van der Waals surface area contributed by atoms with Gasteiger partial charge in [0.1, 0.15) is 0 Å². The first-order valence-corrected chi connectivity index (χ1v) is 6.32. The zero-order valence-electron chi connectivity index (χ0n) is 11.8. The number of nitrogens with one attached hydrogen (secondary N) is 1. The van der Waals surface area contributed by atoms with Gasteiger partial charge in [-0.15, -0.1) is 0 Å². The predicted molar refractivity (Wildman–Crippen MR) is 74.8 cm³/mol. The van der Waals surface area contributed by atoms with Crippen LogP contribution in [-0.4, -0.2) is 45.2 Å². The molecule has 21 heavy (non-hydrogen) atoms. The number of fused-ring (bicyclic) bond motifs is 1. The minimum atomic E-state index is -0.317. The van der Waals surface area contributed by atoms with E-state index >= 15 is 0 Å². The van der Waals surface area contributed by atoms with Gasteiger partial charge in [-0.1, -0.05) is 0 Å². The standard InChI is InChI=1S/C14H17NO6/c1-18-12-9(3-4-11(17)15-5-6-16)7-10-13(14(12)19-2)21-8-20-10/h3-4,7,16H,5-6,8H2,1-2H3,(H,15,17)/b4-3+. The molecule has 1 aliphatic rings. The quantitative estimate of drug-likeness (QED) is 0.746. The van der Waals surface area contributed by atoms with Crippen molar-refractivity contribution in [3.8, 4) is 23.0 Å². The summed E-state index contributed by atoms with van der Waals surface area (Å²) in [4.78, 5) is 11.5. The maximum atomic E-state index is 11.5. The molecule has 0 saturated carbocycles. The Kier molecular flexibility index (Phi) is 4.89. The molecule has 1 aromatic carbocycles. The van der Waals surface area contributed by atoms with Crippen LogP contribution in [0.25, 0.3) is 6.08 Å². The van der Waals surface area contributed by atoms with E-state index in [9.17, 15) is 4.79 Å². The SMILES string of the molecule is COc1c(/C=C/C(=O)NCCO)cc2c(c1OC)OCO2. The third-order valence-corrected chi connectivity index (χ3v) is 2.84. The van der Waals surface area contributed by atoms with Crippen LogP contribution in [0.15, 0.2) is 12.1 Å². The summed E-state index contributed by atoms with van der Waals surface area (Å²) in [6, 6.07) is 1.71. The van der Waals surface area contributed by atoms with Crippen molar-refractivity contribution in [3.05, 3.63) is 17.7 Å². The Labute approximate surface area is 122 Å². The van der Waals surface area contributed by atoms with Crippen LogP contribution in [-0.2, 0) is 4.79 Å². The van der Waals surface area contributed by atoms with Gasteiger partial charge in [-0.05, 0) is 12.1 Å². The molecule has 1 aliphatic heterocycles. The number of benzene rings is 1. The van der Waals surface area contributed by atoms with Crippen molar-refractivity contribution in [2.24, 2.45) is 0 Å². The maximum absolute atomic E-state index is 11.5. The third kappa shape index (κ3) is 3.19. The Bertz CT molecular complexity index is 555. The van der Waals surface area contributed by atoms with Gasteiger partial charge in [0.15, 0.2) is 11.5 Å². The highest BCUT2D eigenvalue weighted by molar-refractivity contribution is 5.92. The number of rotatable bonds is 6. The lowest BCUT2D eigenvalue weighted by Gasteiger charge is -2.12. The van der Waals surface area contributed by atoms with Gasteiger partial charge in [0.05, 0.1) is 20.8 Å². The van der Waals surface area contributed by atoms with Gasteiger partial charge in [0.2, 0.25) is 24.2 Å². The Morgan fingerprint density at radius 1 is 1.38 bits per heavy atom. The topological polar surface area (TPSA) is 86.3 Å². The molecule has 1 heterocycles. The summed E-state index contributed by atoms with van der Waals surface area (Å²) in [5.41, 5.74) is 0.623. The fourth-order valence-electron chi connectivity index (χ4n) is 1.94. The zero-order chi connectivity index (χ0) is 15.2. The minimum absolute atomic E-state index is 0.110. The summed E-state index contributed by atoms with van der Waals surface area (Å²) in [5.74, 6) is 1.57. The molecular weight excluding hydrogens is 278 g/mol. The lowest BCUT2D eigenvalue weighted by Crippen LogP contribution is -2.24. The van der Waals surface area contributed by atoms with Crippen molar-refractivity contribution in [2.45, 2.75) is 0 Å². The van der Waals surface area contributed by atoms with E-state index in [0.29, 0.717) is 28.6 Å². The lowest BCUT2D eigenvalue weighted by molar-refractivity contribution is -0.116. The van der Waals surface area contributed by atoms with Crippen LogP contribution in [0.2, 0.25) is 0 Å². The summed E-state index contributed by atoms with van der Waals surface area (Å²) >= 11 is 0. The Morgan fingerprint density at radius 2 is 2.14 bits per heavy atom. The van der Waals surface area contributed by atoms with E-state index < -0.39 is 0 Å². The second kappa shape index (κ2) is 6.85. The van der Waals surface area contributed by atoms with Crippen LogP contribution in [0.4, 0.5) is 0 Å². The van der Waals surface area contributed by atoms with E-state index in [-0.39, 0.29) is 25.9 Å². The van der Waals surface area contributed by atoms with Gasteiger partial charge >= 0.3 is 0 Å². The van der Waals surface area contributed by atoms with Gasteiger partial charge < -0.3 is 29.4 Å². The van der Waals surface area contributed by atoms with E-state index in [1.165, 1.54) is 20.3 Å². The molecule has 0 unspecified atom stereocenters. The highest BCUT2D eigenvalue weighted by atomic mass is 16.7. The lowest BCUT2D eigenvalue weighted by atomic mass is 10.1. The van der Waals surface area contributed by atoms with Crippen molar-refractivity contribution < 1.29 is 28.8 Å². The molecule has 0 spiro atoms. The van der Waals surface area contributed by atoms with Gasteiger partial charge in [0.25, 0.3) is 0 Å². The molecule has 7 heteroatoms. The number of hydrogen-bond acceptors (Lipinski definition) is 6. The maximum Gasteiger partial charge on any atom is 0.244 e. The zero-order valence-corrected chi connectivity index (χ0v) is 11.8. The first-order chi connectivity index (χ1) is 10.2. The summed E-state index contributed by atoms with van der Waals surface area (Å²) in [6.45, 7) is 0.199. The third-order valence-electron chi connectivity index (χ3n) is 2.84. The van der Waals surface area contributed by atoms with Gasteiger partial charge in [0, 0.05) is 18.2 Å². The van der Waals surface area contributed by atoms with Crippen LogP contribution in [0.1, 0.15) is 5.56 Å². The average molecular weight is 295 g/mol. The largest absolute Gasteiger partial charge is 0.492 e. The van der Waals surface area contributed by atoms with Gasteiger partial charge in [-0.3, -0.25) is 4.79 Å². The second-order valence-electron chi connectivity index (χ2n) is 4.11. The number of hydrogen-bond donors (Lipinski definition) is 2. The molecule has 0 bridgehead atoms. The fourth-order valence-corrected chi connectivity index (χ4v) is 1.94. The van der Waals surface area contributed by atoms with Crippen molar-refractivity contribution >= 4 is 12.0 Å². The van der Waals surface area contributed by atoms with E-state index in [2.05, 4.69) is 5.32 Å². The summed E-state index contributed by atoms with van der Waals surface area (Å²) in [5, 5.41) is 11.2. The van der Waals surface area contributed by atoms with Crippen LogP contribution < -0.4 is 24.3 Å². The molecule has 0 saturated heterocycles. The Hall–Kier alpha value is -2.41. The van der Waals surface area contributed by atoms with E-state index in [4.69, 9.17) is 24.1 Å². The molecule has 7 nitrogen and oxygen atoms in total. The number of ether oxygens (including phenoxy) is 4. The molecule has 2 rings (SSSR count). The number of carbonyl (C=O) groups excluding carboxylic acids is 1. The highest BCUT2D eigenvalue weighted by Gasteiger charge is 2.25. The molecule has 2 N–H and O–H groups in total. The molecule has 0 radical (unpaired) electrons. The van der Waals surface area contributed by atoms with Crippen molar-refractivity contribution in [2.75, 3.05) is 34.2 Å². The average Bonchev–Trinajstić information content (AvgIpc) is 2.96. The molecule has 114 valence electrons. The number of aliphatic hydroxyl groups excluding tert-OH is 1. The van der Waals surface area contributed by atoms with Crippen molar-refractivity contribution in [1.29, 1.82) is 0 Å². The molecular formula is C14H17NO6. The van der Waals surface area contributed by atoms with Crippen molar-refractivity contribution in [3.63, 3.8) is 0 Å². The second-order valence-corrected chi connectivity index (χ2v) is 4.11. The van der Waals surface area contributed by atoms with Gasteiger partial charge in [-0.2, -0.15) is 0 Å². The van der Waals surface area contributed by atoms with Crippen LogP contribution in [0.3, 0.4) is 0 Å². The van der Waals surface area contributed by atoms with E-state index in [1.54, 1.807) is 12.1 Å². The molecule has 1 amide bonds. The number of amides is 1. The Balaban J connectivity index is 2.31. The van der Waals surface area contributed by atoms with Crippen LogP contribution in [0, 0.1) is 0 Å². The number of aliphatic hydroxyl groups is 1. The summed E-state index contributed by atoms with van der Waals surface area (Å²) in [7, 11) is 3.00. The molecule has 0 fully saturated rings. The number of carbonyl (C=O) groups is 1.